The molecule has 6 aromatic rings. The highest BCUT2D eigenvalue weighted by Crippen LogP contribution is 2.35. The molecule has 1 aliphatic carbocycles. The largest absolute Gasteiger partial charge is 0.353 e. The van der Waals surface area contributed by atoms with E-state index in [0.29, 0.717) is 5.69 Å². The number of carbonyl (C=O) groups excluding carboxylic acids is 1. The van der Waals surface area contributed by atoms with Crippen molar-refractivity contribution in [1.29, 1.82) is 0 Å². The van der Waals surface area contributed by atoms with Crippen molar-refractivity contribution < 1.29 is 4.79 Å². The first-order chi connectivity index (χ1) is 17.2. The molecular formula is C27H20N6OS. The fourth-order valence-electron chi connectivity index (χ4n) is 4.44. The number of hydrogen-bond acceptors (Lipinski definition) is 5. The highest BCUT2D eigenvalue weighted by molar-refractivity contribution is 7.08. The lowest BCUT2D eigenvalue weighted by Gasteiger charge is -2.06. The summed E-state index contributed by atoms with van der Waals surface area (Å²) in [5.41, 5.74) is 9.04. The van der Waals surface area contributed by atoms with Gasteiger partial charge in [0.15, 0.2) is 0 Å². The third-order valence-electron chi connectivity index (χ3n) is 6.41. The molecule has 170 valence electrons. The van der Waals surface area contributed by atoms with Crippen molar-refractivity contribution in [3.63, 3.8) is 0 Å². The summed E-state index contributed by atoms with van der Waals surface area (Å²) >= 11 is 1.69. The molecule has 35 heavy (non-hydrogen) atoms. The van der Waals surface area contributed by atoms with E-state index in [1.54, 1.807) is 23.7 Å². The molecule has 1 saturated carbocycles. The Hall–Kier alpha value is -4.30. The average molecular weight is 477 g/mol. The first-order valence-electron chi connectivity index (χ1n) is 11.5. The minimum absolute atomic E-state index is 0.0603. The van der Waals surface area contributed by atoms with Crippen molar-refractivity contribution in [1.82, 2.24) is 25.1 Å². The van der Waals surface area contributed by atoms with Gasteiger partial charge < -0.3 is 10.3 Å². The first-order valence-corrected chi connectivity index (χ1v) is 12.4. The summed E-state index contributed by atoms with van der Waals surface area (Å²) in [6, 6.07) is 16.4. The number of pyridine rings is 2. The maximum absolute atomic E-state index is 12.2. The van der Waals surface area contributed by atoms with Crippen molar-refractivity contribution in [2.75, 3.05) is 5.32 Å². The summed E-state index contributed by atoms with van der Waals surface area (Å²) in [6.07, 6.45) is 5.35. The van der Waals surface area contributed by atoms with Gasteiger partial charge in [0.05, 0.1) is 28.8 Å². The summed E-state index contributed by atoms with van der Waals surface area (Å²) in [4.78, 5) is 24.9. The number of aromatic amines is 2. The summed E-state index contributed by atoms with van der Waals surface area (Å²) in [5.74, 6) is 0.197. The van der Waals surface area contributed by atoms with E-state index < -0.39 is 0 Å². The number of nitrogens with zero attached hydrogens (tertiary/aromatic N) is 3. The predicted octanol–water partition coefficient (Wildman–Crippen LogP) is 6.25. The van der Waals surface area contributed by atoms with Gasteiger partial charge in [-0.05, 0) is 71.1 Å². The van der Waals surface area contributed by atoms with Crippen LogP contribution in [-0.2, 0) is 4.79 Å². The maximum Gasteiger partial charge on any atom is 0.227 e. The van der Waals surface area contributed by atoms with Gasteiger partial charge in [-0.1, -0.05) is 12.1 Å². The average Bonchev–Trinajstić information content (AvgIpc) is 3.26. The van der Waals surface area contributed by atoms with E-state index in [0.717, 1.165) is 57.4 Å². The number of aromatic nitrogens is 5. The van der Waals surface area contributed by atoms with Gasteiger partial charge in [-0.3, -0.25) is 14.9 Å². The van der Waals surface area contributed by atoms with E-state index in [-0.39, 0.29) is 11.8 Å². The fraction of sp³-hybridized carbons (Fsp3) is 0.111. The quantitative estimate of drug-likeness (QED) is 0.274. The number of thiophene rings is 1. The molecule has 0 bridgehead atoms. The Bertz CT molecular complexity index is 1710. The Morgan fingerprint density at radius 2 is 1.97 bits per heavy atom. The molecule has 0 atom stereocenters. The van der Waals surface area contributed by atoms with Crippen LogP contribution in [0.3, 0.4) is 0 Å². The number of anilines is 1. The molecule has 1 fully saturated rings. The summed E-state index contributed by atoms with van der Waals surface area (Å²) in [5, 5.41) is 16.1. The second-order valence-electron chi connectivity index (χ2n) is 8.85. The first kappa shape index (κ1) is 20.1. The number of carbonyl (C=O) groups is 1. The van der Waals surface area contributed by atoms with E-state index in [1.165, 1.54) is 11.1 Å². The fourth-order valence-corrected chi connectivity index (χ4v) is 5.09. The Balaban J connectivity index is 1.29. The highest BCUT2D eigenvalue weighted by atomic mass is 32.1. The minimum atomic E-state index is 0.0603. The van der Waals surface area contributed by atoms with Crippen molar-refractivity contribution in [3.8, 4) is 33.8 Å². The van der Waals surface area contributed by atoms with E-state index in [1.807, 2.05) is 18.2 Å². The molecule has 7 rings (SSSR count). The Morgan fingerprint density at radius 3 is 2.83 bits per heavy atom. The third kappa shape index (κ3) is 3.59. The van der Waals surface area contributed by atoms with Gasteiger partial charge in [0, 0.05) is 28.6 Å². The number of rotatable bonds is 5. The van der Waals surface area contributed by atoms with E-state index in [2.05, 4.69) is 66.6 Å². The third-order valence-corrected chi connectivity index (χ3v) is 7.09. The zero-order valence-corrected chi connectivity index (χ0v) is 19.4. The summed E-state index contributed by atoms with van der Waals surface area (Å²) in [6.45, 7) is 0. The lowest BCUT2D eigenvalue weighted by atomic mass is 10.0. The number of hydrogen-bond donors (Lipinski definition) is 3. The van der Waals surface area contributed by atoms with Gasteiger partial charge in [0.2, 0.25) is 5.91 Å². The van der Waals surface area contributed by atoms with E-state index in [9.17, 15) is 4.79 Å². The van der Waals surface area contributed by atoms with Crippen LogP contribution in [0.15, 0.2) is 71.7 Å². The van der Waals surface area contributed by atoms with Crippen LogP contribution in [0.1, 0.15) is 12.8 Å². The van der Waals surface area contributed by atoms with Crippen LogP contribution in [0.2, 0.25) is 0 Å². The molecular weight excluding hydrogens is 456 g/mol. The molecule has 1 amide bonds. The molecule has 3 N–H and O–H groups in total. The lowest BCUT2D eigenvalue weighted by Crippen LogP contribution is -2.13. The Labute approximate surface area is 204 Å². The predicted molar refractivity (Wildman–Crippen MR) is 139 cm³/mol. The van der Waals surface area contributed by atoms with Crippen molar-refractivity contribution in [2.45, 2.75) is 12.8 Å². The summed E-state index contributed by atoms with van der Waals surface area (Å²) in [7, 11) is 0. The van der Waals surface area contributed by atoms with Crippen molar-refractivity contribution in [2.24, 2.45) is 5.92 Å². The molecule has 0 aliphatic heterocycles. The van der Waals surface area contributed by atoms with Gasteiger partial charge in [-0.15, -0.1) is 0 Å². The Kier molecular flexibility index (Phi) is 4.53. The van der Waals surface area contributed by atoms with Gasteiger partial charge in [-0.25, -0.2) is 4.98 Å². The zero-order chi connectivity index (χ0) is 23.4. The highest BCUT2D eigenvalue weighted by Gasteiger charge is 2.29. The van der Waals surface area contributed by atoms with Gasteiger partial charge >= 0.3 is 0 Å². The second-order valence-corrected chi connectivity index (χ2v) is 9.63. The molecule has 5 aromatic heterocycles. The topological polar surface area (TPSA) is 99.4 Å². The SMILES string of the molecule is O=C(Nc1cncc(-c2ccc3[nH]nc(-c4cc5c(-c6ccsc6)cccc5[nH]4)c3n2)c1)C1CC1. The maximum atomic E-state index is 12.2. The monoisotopic (exact) mass is 476 g/mol. The molecule has 0 saturated heterocycles. The van der Waals surface area contributed by atoms with Gasteiger partial charge in [0.1, 0.15) is 11.2 Å². The molecule has 5 heterocycles. The molecule has 8 heteroatoms. The molecule has 1 aliphatic rings. The van der Waals surface area contributed by atoms with Crippen LogP contribution in [-0.4, -0.2) is 31.1 Å². The minimum Gasteiger partial charge on any atom is -0.353 e. The number of fused-ring (bicyclic) bond motifs is 2. The van der Waals surface area contributed by atoms with Crippen molar-refractivity contribution in [3.05, 3.63) is 71.7 Å². The molecule has 0 unspecified atom stereocenters. The normalized spacial score (nSPS) is 13.5. The van der Waals surface area contributed by atoms with E-state index in [4.69, 9.17) is 4.98 Å². The van der Waals surface area contributed by atoms with Crippen LogP contribution in [0.4, 0.5) is 5.69 Å². The van der Waals surface area contributed by atoms with Crippen LogP contribution in [0.25, 0.3) is 55.7 Å². The molecule has 0 radical (unpaired) electrons. The van der Waals surface area contributed by atoms with Crippen LogP contribution in [0, 0.1) is 5.92 Å². The smallest absolute Gasteiger partial charge is 0.227 e. The lowest BCUT2D eigenvalue weighted by molar-refractivity contribution is -0.117. The Morgan fingerprint density at radius 1 is 1.03 bits per heavy atom. The number of H-pyrrole nitrogens is 2. The standard InChI is InChI=1S/C27H20N6OS/c34-27(15-4-5-15)29-18-10-17(12-28-13-18)21-6-7-23-25(31-21)26(33-32-23)24-11-20-19(16-8-9-35-14-16)2-1-3-22(20)30-24/h1-3,6-15,30H,4-5H2,(H,29,34)(H,32,33). The van der Waals surface area contributed by atoms with Crippen LogP contribution in [0.5, 0.6) is 0 Å². The van der Waals surface area contributed by atoms with Gasteiger partial charge in [0.25, 0.3) is 0 Å². The van der Waals surface area contributed by atoms with Crippen LogP contribution >= 0.6 is 11.3 Å². The molecule has 0 spiro atoms. The zero-order valence-electron chi connectivity index (χ0n) is 18.6. The summed E-state index contributed by atoms with van der Waals surface area (Å²) < 4.78 is 0. The molecule has 7 nitrogen and oxygen atoms in total. The molecule has 1 aromatic carbocycles. The number of amides is 1. The van der Waals surface area contributed by atoms with E-state index >= 15 is 0 Å². The van der Waals surface area contributed by atoms with Gasteiger partial charge in [-0.2, -0.15) is 16.4 Å². The number of nitrogens with one attached hydrogen (secondary N) is 3. The number of benzene rings is 1. The second kappa shape index (κ2) is 7.89. The van der Waals surface area contributed by atoms with Crippen molar-refractivity contribution >= 4 is 44.9 Å². The van der Waals surface area contributed by atoms with Crippen LogP contribution < -0.4 is 5.32 Å².